The van der Waals surface area contributed by atoms with Gasteiger partial charge in [0.1, 0.15) is 0 Å². The number of hydrogen-bond acceptors (Lipinski definition) is 2. The molecule has 1 amide bonds. The summed E-state index contributed by atoms with van der Waals surface area (Å²) in [6.45, 7) is 13.7. The minimum Gasteiger partial charge on any atom is -0.341 e. The van der Waals surface area contributed by atoms with Gasteiger partial charge in [-0.2, -0.15) is 0 Å². The molecule has 1 unspecified atom stereocenters. The van der Waals surface area contributed by atoms with Crippen molar-refractivity contribution < 1.29 is 4.79 Å². The molecule has 124 valence electrons. The summed E-state index contributed by atoms with van der Waals surface area (Å²) in [6.07, 6.45) is 4.56. The molecule has 2 rings (SSSR count). The van der Waals surface area contributed by atoms with Crippen molar-refractivity contribution in [3.63, 3.8) is 0 Å². The normalized spacial score (nSPS) is 22.1. The van der Waals surface area contributed by atoms with Gasteiger partial charge in [0.05, 0.1) is 6.54 Å². The van der Waals surface area contributed by atoms with Crippen LogP contribution in [-0.2, 0) is 4.79 Å². The Hall–Kier alpha value is -1.01. The molecule has 0 radical (unpaired) electrons. The second-order valence-electron chi connectivity index (χ2n) is 7.64. The number of hydrogen-bond donors (Lipinski definition) is 0. The van der Waals surface area contributed by atoms with E-state index in [0.29, 0.717) is 17.2 Å². The molecule has 2 heterocycles. The molecule has 2 aliphatic heterocycles. The van der Waals surface area contributed by atoms with E-state index in [-0.39, 0.29) is 5.92 Å². The number of carbonyl (C=O) groups is 1. The molecule has 2 fully saturated rings. The summed E-state index contributed by atoms with van der Waals surface area (Å²) in [5, 5.41) is 0. The fourth-order valence-electron chi connectivity index (χ4n) is 3.65. The largest absolute Gasteiger partial charge is 0.341 e. The van der Waals surface area contributed by atoms with Crippen LogP contribution in [0.3, 0.4) is 0 Å². The predicted octanol–water partition coefficient (Wildman–Crippen LogP) is 3.01. The van der Waals surface area contributed by atoms with E-state index in [1.165, 1.54) is 12.8 Å². The number of likely N-dealkylation sites (tertiary alicyclic amines) is 2. The lowest BCUT2D eigenvalue weighted by atomic mass is 9.71. The molecule has 0 aliphatic carbocycles. The van der Waals surface area contributed by atoms with Crippen molar-refractivity contribution in [2.45, 2.75) is 53.4 Å². The van der Waals surface area contributed by atoms with Crippen molar-refractivity contribution in [1.82, 2.24) is 9.80 Å². The summed E-state index contributed by atoms with van der Waals surface area (Å²) in [6, 6.07) is 0. The minimum absolute atomic E-state index is 0.203. The molecule has 2 aliphatic rings. The van der Waals surface area contributed by atoms with Crippen molar-refractivity contribution in [1.29, 1.82) is 0 Å². The maximum absolute atomic E-state index is 12.3. The SMILES string of the molecule is CCCC(C)C(=O)N1CC2(CCN(CC#CC(C)C)CC2)C1. The predicted molar refractivity (Wildman–Crippen MR) is 91.4 cm³/mol. The zero-order valence-corrected chi connectivity index (χ0v) is 14.8. The second kappa shape index (κ2) is 7.51. The Morgan fingerprint density at radius 2 is 1.82 bits per heavy atom. The van der Waals surface area contributed by atoms with Gasteiger partial charge in [-0.15, -0.1) is 0 Å². The Labute approximate surface area is 136 Å². The average Bonchev–Trinajstić information content (AvgIpc) is 2.45. The van der Waals surface area contributed by atoms with Crippen LogP contribution < -0.4 is 0 Å². The number of amides is 1. The summed E-state index contributed by atoms with van der Waals surface area (Å²) < 4.78 is 0. The van der Waals surface area contributed by atoms with E-state index in [4.69, 9.17) is 0 Å². The van der Waals surface area contributed by atoms with Crippen LogP contribution in [0.15, 0.2) is 0 Å². The Morgan fingerprint density at radius 1 is 1.18 bits per heavy atom. The highest BCUT2D eigenvalue weighted by Gasteiger charge is 2.46. The highest BCUT2D eigenvalue weighted by molar-refractivity contribution is 5.79. The van der Waals surface area contributed by atoms with Crippen molar-refractivity contribution >= 4 is 5.91 Å². The van der Waals surface area contributed by atoms with E-state index >= 15 is 0 Å². The molecule has 3 nitrogen and oxygen atoms in total. The number of carbonyl (C=O) groups excluding carboxylic acids is 1. The van der Waals surface area contributed by atoms with Crippen molar-refractivity contribution in [2.75, 3.05) is 32.7 Å². The van der Waals surface area contributed by atoms with Gasteiger partial charge in [-0.05, 0) is 32.4 Å². The molecule has 0 aromatic rings. The van der Waals surface area contributed by atoms with Gasteiger partial charge >= 0.3 is 0 Å². The Bertz CT molecular complexity index is 430. The highest BCUT2D eigenvalue weighted by atomic mass is 16.2. The van der Waals surface area contributed by atoms with Gasteiger partial charge in [-0.25, -0.2) is 0 Å². The molecule has 3 heteroatoms. The monoisotopic (exact) mass is 304 g/mol. The summed E-state index contributed by atoms with van der Waals surface area (Å²) in [7, 11) is 0. The van der Waals surface area contributed by atoms with E-state index < -0.39 is 0 Å². The third-order valence-electron chi connectivity index (χ3n) is 5.12. The first kappa shape index (κ1) is 17.3. The van der Waals surface area contributed by atoms with Crippen LogP contribution >= 0.6 is 0 Å². The summed E-state index contributed by atoms with van der Waals surface area (Å²) >= 11 is 0. The van der Waals surface area contributed by atoms with Gasteiger partial charge in [0.25, 0.3) is 0 Å². The van der Waals surface area contributed by atoms with Crippen LogP contribution in [0.25, 0.3) is 0 Å². The van der Waals surface area contributed by atoms with Crippen molar-refractivity contribution in [3.05, 3.63) is 0 Å². The van der Waals surface area contributed by atoms with E-state index in [9.17, 15) is 4.79 Å². The van der Waals surface area contributed by atoms with Gasteiger partial charge in [0.15, 0.2) is 0 Å². The van der Waals surface area contributed by atoms with Gasteiger partial charge in [-0.3, -0.25) is 9.69 Å². The van der Waals surface area contributed by atoms with Crippen molar-refractivity contribution in [2.24, 2.45) is 17.3 Å². The topological polar surface area (TPSA) is 23.6 Å². The van der Waals surface area contributed by atoms with E-state index in [1.54, 1.807) is 0 Å². The Morgan fingerprint density at radius 3 is 2.36 bits per heavy atom. The fraction of sp³-hybridized carbons (Fsp3) is 0.842. The first-order valence-corrected chi connectivity index (χ1v) is 8.95. The van der Waals surface area contributed by atoms with E-state index in [2.05, 4.69) is 49.3 Å². The fourth-order valence-corrected chi connectivity index (χ4v) is 3.65. The lowest BCUT2D eigenvalue weighted by Crippen LogP contribution is -2.62. The number of nitrogens with zero attached hydrogens (tertiary/aromatic N) is 2. The summed E-state index contributed by atoms with van der Waals surface area (Å²) in [5.74, 6) is 7.57. The third kappa shape index (κ3) is 4.26. The Balaban J connectivity index is 1.73. The molecule has 2 saturated heterocycles. The molecule has 1 spiro atoms. The van der Waals surface area contributed by atoms with Crippen LogP contribution in [0.4, 0.5) is 0 Å². The minimum atomic E-state index is 0.203. The average molecular weight is 304 g/mol. The van der Waals surface area contributed by atoms with Crippen LogP contribution in [0.1, 0.15) is 53.4 Å². The van der Waals surface area contributed by atoms with Crippen LogP contribution in [0, 0.1) is 29.1 Å². The standard InChI is InChI=1S/C19H32N2O/c1-5-7-17(4)18(22)21-14-19(15-21)9-12-20(13-10-19)11-6-8-16(2)3/h16-17H,5,7,9-15H2,1-4H3. The molecule has 0 bridgehead atoms. The van der Waals surface area contributed by atoms with Crippen LogP contribution in [0.2, 0.25) is 0 Å². The molecular formula is C19H32N2O. The molecular weight excluding hydrogens is 272 g/mol. The lowest BCUT2D eigenvalue weighted by molar-refractivity contribution is -0.150. The second-order valence-corrected chi connectivity index (χ2v) is 7.64. The van der Waals surface area contributed by atoms with Crippen LogP contribution in [-0.4, -0.2) is 48.4 Å². The van der Waals surface area contributed by atoms with Crippen molar-refractivity contribution in [3.8, 4) is 11.8 Å². The molecule has 0 saturated carbocycles. The zero-order valence-electron chi connectivity index (χ0n) is 14.8. The Kier molecular flexibility index (Phi) is 5.92. The summed E-state index contributed by atoms with van der Waals surface area (Å²) in [5.41, 5.74) is 0.420. The van der Waals surface area contributed by atoms with Gasteiger partial charge in [-0.1, -0.05) is 46.0 Å². The van der Waals surface area contributed by atoms with Crippen LogP contribution in [0.5, 0.6) is 0 Å². The molecule has 0 aromatic carbocycles. The number of rotatable bonds is 4. The zero-order chi connectivity index (χ0) is 16.2. The van der Waals surface area contributed by atoms with Gasteiger partial charge < -0.3 is 4.90 Å². The van der Waals surface area contributed by atoms with E-state index in [0.717, 1.165) is 45.6 Å². The van der Waals surface area contributed by atoms with E-state index in [1.807, 2.05) is 0 Å². The first-order chi connectivity index (χ1) is 10.5. The molecule has 22 heavy (non-hydrogen) atoms. The maximum atomic E-state index is 12.3. The maximum Gasteiger partial charge on any atom is 0.225 e. The highest BCUT2D eigenvalue weighted by Crippen LogP contribution is 2.41. The molecule has 1 atom stereocenters. The first-order valence-electron chi connectivity index (χ1n) is 8.95. The molecule has 0 aromatic heterocycles. The quantitative estimate of drug-likeness (QED) is 0.745. The third-order valence-corrected chi connectivity index (χ3v) is 5.12. The summed E-state index contributed by atoms with van der Waals surface area (Å²) in [4.78, 5) is 16.9. The smallest absolute Gasteiger partial charge is 0.225 e. The molecule has 0 N–H and O–H groups in total. The number of piperidine rings is 1. The van der Waals surface area contributed by atoms with Gasteiger partial charge in [0.2, 0.25) is 5.91 Å². The van der Waals surface area contributed by atoms with Gasteiger partial charge in [0, 0.05) is 30.3 Å². The lowest BCUT2D eigenvalue weighted by Gasteiger charge is -2.54.